The van der Waals surface area contributed by atoms with E-state index in [1.165, 1.54) is 11.1 Å². The van der Waals surface area contributed by atoms with Crippen LogP contribution in [0.5, 0.6) is 0 Å². The Morgan fingerprint density at radius 3 is 2.67 bits per heavy atom. The third-order valence-electron chi connectivity index (χ3n) is 2.34. The first kappa shape index (κ1) is 10.6. The number of rotatable bonds is 2. The van der Waals surface area contributed by atoms with E-state index in [9.17, 15) is 0 Å². The molecule has 0 heterocycles. The molecule has 1 unspecified atom stereocenters. The second-order valence-corrected chi connectivity index (χ2v) is 5.98. The van der Waals surface area contributed by atoms with E-state index in [1.54, 1.807) is 0 Å². The molecule has 0 aliphatic heterocycles. The Bertz CT molecular complexity index is 376. The van der Waals surface area contributed by atoms with Gasteiger partial charge in [-0.05, 0) is 16.7 Å². The number of hydrogen-bond donors (Lipinski definition) is 0. The maximum Gasteiger partial charge on any atom is -0.0225 e. The molecule has 2 heteroatoms. The Hall–Kier alpha value is -0.863. The summed E-state index contributed by atoms with van der Waals surface area (Å²) in [5.41, 5.74) is 3.40. The molecule has 15 heavy (non-hydrogen) atoms. The fraction of sp³-hybridized carbons (Fsp3) is 0.385. The SMILES string of the molecule is CC(C)(C)[N-][Si]C1C=Cc2ccccc21. The molecule has 0 saturated carbocycles. The molecule has 1 aromatic rings. The van der Waals surface area contributed by atoms with Crippen molar-refractivity contribution >= 4 is 15.8 Å². The van der Waals surface area contributed by atoms with Gasteiger partial charge in [-0.1, -0.05) is 66.9 Å². The van der Waals surface area contributed by atoms with E-state index in [1.807, 2.05) is 0 Å². The van der Waals surface area contributed by atoms with Gasteiger partial charge in [0.2, 0.25) is 0 Å². The van der Waals surface area contributed by atoms with Crippen molar-refractivity contribution in [3.8, 4) is 0 Å². The molecule has 0 aromatic heterocycles. The topological polar surface area (TPSA) is 14.1 Å². The van der Waals surface area contributed by atoms with Gasteiger partial charge in [-0.2, -0.15) is 0 Å². The summed E-state index contributed by atoms with van der Waals surface area (Å²) in [6.45, 7) is 6.47. The summed E-state index contributed by atoms with van der Waals surface area (Å²) in [4.78, 5) is 4.71. The van der Waals surface area contributed by atoms with Crippen molar-refractivity contribution < 1.29 is 0 Å². The Balaban J connectivity index is 2.06. The predicted molar refractivity (Wildman–Crippen MR) is 67.1 cm³/mol. The van der Waals surface area contributed by atoms with Crippen molar-refractivity contribution in [2.75, 3.05) is 0 Å². The number of fused-ring (bicyclic) bond motifs is 1. The average Bonchev–Trinajstić information content (AvgIpc) is 2.57. The van der Waals surface area contributed by atoms with Crippen LogP contribution < -0.4 is 0 Å². The lowest BCUT2D eigenvalue weighted by atomic mass is 10.1. The smallest absolute Gasteiger partial charge is 0.0225 e. The first-order valence-corrected chi connectivity index (χ1v) is 6.33. The third kappa shape index (κ3) is 2.58. The Kier molecular flexibility index (Phi) is 2.80. The highest BCUT2D eigenvalue weighted by atomic mass is 28.2. The minimum Gasteiger partial charge on any atom is -0.665 e. The molecule has 0 bridgehead atoms. The standard InChI is InChI=1S/C13H16NSi/c1-13(2,3)14-15-12-9-8-10-6-4-5-7-11(10)12/h4-9,12H,1-3H3/q-1. The van der Waals surface area contributed by atoms with Gasteiger partial charge in [-0.25, -0.2) is 0 Å². The van der Waals surface area contributed by atoms with Crippen molar-refractivity contribution in [2.24, 2.45) is 0 Å². The number of benzene rings is 1. The zero-order chi connectivity index (χ0) is 10.9. The van der Waals surface area contributed by atoms with Crippen molar-refractivity contribution in [3.05, 3.63) is 46.5 Å². The number of hydrogen-bond acceptors (Lipinski definition) is 0. The van der Waals surface area contributed by atoms with E-state index in [0.717, 1.165) is 0 Å². The zero-order valence-electron chi connectivity index (χ0n) is 9.49. The highest BCUT2D eigenvalue weighted by Crippen LogP contribution is 2.31. The molecule has 2 radical (unpaired) electrons. The summed E-state index contributed by atoms with van der Waals surface area (Å²) in [7, 11) is 0.642. The summed E-state index contributed by atoms with van der Waals surface area (Å²) < 4.78 is 0. The second-order valence-electron chi connectivity index (χ2n) is 4.88. The number of allylic oxidation sites excluding steroid dienone is 1. The monoisotopic (exact) mass is 214 g/mol. The summed E-state index contributed by atoms with van der Waals surface area (Å²) in [5, 5.41) is 0. The maximum absolute atomic E-state index is 4.71. The summed E-state index contributed by atoms with van der Waals surface area (Å²) in [6.07, 6.45) is 4.49. The quantitative estimate of drug-likeness (QED) is 0.669. The van der Waals surface area contributed by atoms with E-state index in [2.05, 4.69) is 57.2 Å². The molecule has 0 saturated heterocycles. The molecule has 1 aliphatic carbocycles. The van der Waals surface area contributed by atoms with Crippen LogP contribution in [0, 0.1) is 0 Å². The van der Waals surface area contributed by atoms with Crippen molar-refractivity contribution in [1.82, 2.24) is 0 Å². The number of nitrogens with zero attached hydrogens (tertiary/aromatic N) is 1. The largest absolute Gasteiger partial charge is 0.665 e. The van der Waals surface area contributed by atoms with E-state index in [0.29, 0.717) is 15.2 Å². The van der Waals surface area contributed by atoms with Gasteiger partial charge >= 0.3 is 0 Å². The lowest BCUT2D eigenvalue weighted by molar-refractivity contribution is 0.679. The van der Waals surface area contributed by atoms with Crippen LogP contribution in [0.4, 0.5) is 0 Å². The van der Waals surface area contributed by atoms with E-state index < -0.39 is 0 Å². The molecule has 1 nitrogen and oxygen atoms in total. The van der Waals surface area contributed by atoms with Gasteiger partial charge in [0.15, 0.2) is 0 Å². The normalized spacial score (nSPS) is 19.3. The summed E-state index contributed by atoms with van der Waals surface area (Å²) in [6, 6.07) is 8.59. The van der Waals surface area contributed by atoms with E-state index >= 15 is 0 Å². The van der Waals surface area contributed by atoms with Gasteiger partial charge in [0.1, 0.15) is 0 Å². The predicted octanol–water partition coefficient (Wildman–Crippen LogP) is 3.55. The minimum atomic E-state index is 0.0871. The molecule has 2 rings (SSSR count). The van der Waals surface area contributed by atoms with Gasteiger partial charge in [0, 0.05) is 0 Å². The fourth-order valence-electron chi connectivity index (χ4n) is 1.63. The van der Waals surface area contributed by atoms with Crippen LogP contribution in [0.15, 0.2) is 30.3 Å². The lowest BCUT2D eigenvalue weighted by Crippen LogP contribution is -2.18. The molecule has 78 valence electrons. The Morgan fingerprint density at radius 1 is 1.20 bits per heavy atom. The first-order valence-electron chi connectivity index (χ1n) is 5.31. The van der Waals surface area contributed by atoms with E-state index in [4.69, 9.17) is 4.98 Å². The first-order chi connectivity index (χ1) is 7.06. The fourth-order valence-corrected chi connectivity index (χ4v) is 2.74. The lowest BCUT2D eigenvalue weighted by Gasteiger charge is -2.38. The van der Waals surface area contributed by atoms with Gasteiger partial charge in [-0.3, -0.25) is 0 Å². The summed E-state index contributed by atoms with van der Waals surface area (Å²) >= 11 is 0. The van der Waals surface area contributed by atoms with Crippen LogP contribution in [0.2, 0.25) is 0 Å². The van der Waals surface area contributed by atoms with Crippen LogP contribution in [0.3, 0.4) is 0 Å². The van der Waals surface area contributed by atoms with Crippen molar-refractivity contribution in [3.63, 3.8) is 0 Å². The minimum absolute atomic E-state index is 0.0871. The molecule has 0 fully saturated rings. The average molecular weight is 214 g/mol. The summed E-state index contributed by atoms with van der Waals surface area (Å²) in [5.74, 6) is 0. The Labute approximate surface area is 94.5 Å². The van der Waals surface area contributed by atoms with Crippen LogP contribution in [-0.2, 0) is 0 Å². The van der Waals surface area contributed by atoms with Crippen LogP contribution in [-0.4, -0.2) is 15.2 Å². The van der Waals surface area contributed by atoms with Gasteiger partial charge in [0.05, 0.1) is 0 Å². The molecule has 1 aromatic carbocycles. The van der Waals surface area contributed by atoms with Gasteiger partial charge in [0.25, 0.3) is 0 Å². The van der Waals surface area contributed by atoms with Gasteiger partial charge < -0.3 is 4.98 Å². The van der Waals surface area contributed by atoms with Crippen LogP contribution >= 0.6 is 0 Å². The van der Waals surface area contributed by atoms with E-state index in [-0.39, 0.29) is 5.54 Å². The Morgan fingerprint density at radius 2 is 1.93 bits per heavy atom. The van der Waals surface area contributed by atoms with Crippen molar-refractivity contribution in [2.45, 2.75) is 31.9 Å². The molecule has 0 spiro atoms. The van der Waals surface area contributed by atoms with Crippen LogP contribution in [0.25, 0.3) is 11.1 Å². The molecule has 1 aliphatic rings. The highest BCUT2D eigenvalue weighted by molar-refractivity contribution is 6.45. The molecular weight excluding hydrogens is 198 g/mol. The molecule has 1 atom stereocenters. The molecular formula is C13H16NSi-. The zero-order valence-corrected chi connectivity index (χ0v) is 10.5. The third-order valence-corrected chi connectivity index (χ3v) is 3.92. The maximum atomic E-state index is 4.71. The van der Waals surface area contributed by atoms with Crippen LogP contribution in [0.1, 0.15) is 37.4 Å². The highest BCUT2D eigenvalue weighted by Gasteiger charge is 2.13. The molecule has 0 N–H and O–H groups in total. The van der Waals surface area contributed by atoms with Gasteiger partial charge in [-0.15, -0.1) is 5.54 Å². The van der Waals surface area contributed by atoms with Crippen molar-refractivity contribution in [1.29, 1.82) is 0 Å². The second kappa shape index (κ2) is 3.95. The molecule has 0 amide bonds.